The van der Waals surface area contributed by atoms with Crippen LogP contribution in [0.3, 0.4) is 0 Å². The molecule has 8 nitrogen and oxygen atoms in total. The Bertz CT molecular complexity index is 934. The van der Waals surface area contributed by atoms with Crippen LogP contribution in [0.4, 0.5) is 5.95 Å². The largest absolute Gasteiger partial charge is 0.496 e. The third-order valence-corrected chi connectivity index (χ3v) is 6.28. The zero-order valence-electron chi connectivity index (χ0n) is 19.1. The minimum absolute atomic E-state index is 0.0704. The van der Waals surface area contributed by atoms with E-state index in [1.807, 2.05) is 13.0 Å². The van der Waals surface area contributed by atoms with Gasteiger partial charge in [-0.05, 0) is 50.6 Å². The van der Waals surface area contributed by atoms with E-state index >= 15 is 0 Å². The van der Waals surface area contributed by atoms with Crippen LogP contribution in [0.5, 0.6) is 5.75 Å². The van der Waals surface area contributed by atoms with Gasteiger partial charge in [0.1, 0.15) is 5.75 Å². The summed E-state index contributed by atoms with van der Waals surface area (Å²) >= 11 is 0. The number of ether oxygens (including phenoxy) is 3. The number of H-pyrrole nitrogens is 1. The number of rotatable bonds is 8. The number of aromatic amines is 1. The van der Waals surface area contributed by atoms with E-state index in [1.54, 1.807) is 13.2 Å². The van der Waals surface area contributed by atoms with Gasteiger partial charge in [0.05, 0.1) is 32.6 Å². The smallest absolute Gasteiger partial charge is 0.252 e. The van der Waals surface area contributed by atoms with E-state index < -0.39 is 0 Å². The van der Waals surface area contributed by atoms with Crippen LogP contribution in [0.2, 0.25) is 0 Å². The molecule has 0 aliphatic carbocycles. The first-order valence-electron chi connectivity index (χ1n) is 11.6. The predicted molar refractivity (Wildman–Crippen MR) is 123 cm³/mol. The molecule has 2 aliphatic rings. The van der Waals surface area contributed by atoms with Crippen molar-refractivity contribution in [2.24, 2.45) is 0 Å². The van der Waals surface area contributed by atoms with Gasteiger partial charge in [-0.25, -0.2) is 4.98 Å². The molecule has 0 atom stereocenters. The molecule has 2 fully saturated rings. The summed E-state index contributed by atoms with van der Waals surface area (Å²) in [6, 6.07) is 8.03. The molecule has 32 heavy (non-hydrogen) atoms. The van der Waals surface area contributed by atoms with Crippen molar-refractivity contribution in [2.45, 2.75) is 38.8 Å². The zero-order chi connectivity index (χ0) is 22.3. The summed E-state index contributed by atoms with van der Waals surface area (Å²) < 4.78 is 16.5. The lowest BCUT2D eigenvalue weighted by Crippen LogP contribution is -2.39. The van der Waals surface area contributed by atoms with Crippen molar-refractivity contribution in [1.82, 2.24) is 14.9 Å². The molecule has 4 rings (SSSR count). The number of piperidine rings is 1. The fraction of sp³-hybridized carbons (Fsp3) is 0.583. The molecule has 3 heterocycles. The summed E-state index contributed by atoms with van der Waals surface area (Å²) in [5.74, 6) is 1.87. The molecule has 174 valence electrons. The van der Waals surface area contributed by atoms with Crippen molar-refractivity contribution >= 4 is 5.95 Å². The van der Waals surface area contributed by atoms with Crippen molar-refractivity contribution in [3.05, 3.63) is 51.4 Å². The van der Waals surface area contributed by atoms with Gasteiger partial charge >= 0.3 is 0 Å². The van der Waals surface area contributed by atoms with Gasteiger partial charge in [-0.3, -0.25) is 14.7 Å². The highest BCUT2D eigenvalue weighted by Gasteiger charge is 2.24. The fourth-order valence-corrected chi connectivity index (χ4v) is 4.50. The number of likely N-dealkylation sites (tertiary alicyclic amines) is 1. The summed E-state index contributed by atoms with van der Waals surface area (Å²) in [4.78, 5) is 24.6. The van der Waals surface area contributed by atoms with E-state index in [0.29, 0.717) is 38.3 Å². The summed E-state index contributed by atoms with van der Waals surface area (Å²) in [5.41, 5.74) is 3.20. The Morgan fingerprint density at radius 1 is 1.16 bits per heavy atom. The van der Waals surface area contributed by atoms with E-state index in [2.05, 4.69) is 26.9 Å². The molecule has 2 aliphatic heterocycles. The maximum Gasteiger partial charge on any atom is 0.252 e. The number of nitrogens with zero attached hydrogens (tertiary/aromatic N) is 3. The molecule has 0 saturated carbocycles. The number of nitrogens with one attached hydrogen (secondary N) is 1. The molecule has 1 aromatic carbocycles. The quantitative estimate of drug-likeness (QED) is 0.673. The number of hydrogen-bond acceptors (Lipinski definition) is 7. The van der Waals surface area contributed by atoms with E-state index in [9.17, 15) is 4.79 Å². The van der Waals surface area contributed by atoms with E-state index in [-0.39, 0.29) is 5.56 Å². The molecular weight excluding hydrogens is 408 g/mol. The van der Waals surface area contributed by atoms with Crippen molar-refractivity contribution < 1.29 is 14.2 Å². The molecule has 0 spiro atoms. The maximum atomic E-state index is 12.3. The third-order valence-electron chi connectivity index (χ3n) is 6.28. The molecule has 2 aromatic rings. The number of anilines is 1. The highest BCUT2D eigenvalue weighted by molar-refractivity contribution is 5.37. The topological polar surface area (TPSA) is 79.9 Å². The summed E-state index contributed by atoms with van der Waals surface area (Å²) in [7, 11) is 1.70. The minimum atomic E-state index is -0.0704. The van der Waals surface area contributed by atoms with Gasteiger partial charge in [-0.2, -0.15) is 0 Å². The monoisotopic (exact) mass is 442 g/mol. The van der Waals surface area contributed by atoms with Crippen LogP contribution in [-0.4, -0.2) is 68.0 Å². The number of hydrogen-bond donors (Lipinski definition) is 1. The zero-order valence-corrected chi connectivity index (χ0v) is 19.1. The summed E-state index contributed by atoms with van der Waals surface area (Å²) in [6.45, 7) is 8.99. The molecular formula is C24H34N4O4. The Kier molecular flexibility index (Phi) is 7.78. The molecule has 1 aromatic heterocycles. The SMILES string of the molecule is CCOCc1cc(CN2CCC(c3cc(=O)[nH]c(N4CCOCC4)n3)CC2)ccc1OC. The van der Waals surface area contributed by atoms with Gasteiger partial charge in [-0.15, -0.1) is 0 Å². The third kappa shape index (κ3) is 5.68. The second kappa shape index (κ2) is 10.9. The molecule has 0 radical (unpaired) electrons. The average Bonchev–Trinajstić information content (AvgIpc) is 2.83. The highest BCUT2D eigenvalue weighted by atomic mass is 16.5. The molecule has 0 unspecified atom stereocenters. The number of methoxy groups -OCH3 is 1. The van der Waals surface area contributed by atoms with Crippen molar-refractivity contribution in [3.8, 4) is 5.75 Å². The summed E-state index contributed by atoms with van der Waals surface area (Å²) in [5, 5.41) is 0. The first-order valence-corrected chi connectivity index (χ1v) is 11.6. The Hall–Kier alpha value is -2.42. The van der Waals surface area contributed by atoms with Gasteiger partial charge in [0.25, 0.3) is 5.56 Å². The van der Waals surface area contributed by atoms with E-state index in [4.69, 9.17) is 19.2 Å². The second-order valence-corrected chi connectivity index (χ2v) is 8.43. The van der Waals surface area contributed by atoms with Crippen LogP contribution in [0, 0.1) is 0 Å². The van der Waals surface area contributed by atoms with Crippen LogP contribution in [0.25, 0.3) is 0 Å². The van der Waals surface area contributed by atoms with Crippen LogP contribution in [0.15, 0.2) is 29.1 Å². The number of aromatic nitrogens is 2. The number of morpholine rings is 1. The molecule has 0 amide bonds. The second-order valence-electron chi connectivity index (χ2n) is 8.43. The van der Waals surface area contributed by atoms with Crippen molar-refractivity contribution in [1.29, 1.82) is 0 Å². The normalized spacial score (nSPS) is 18.1. The maximum absolute atomic E-state index is 12.3. The molecule has 2 saturated heterocycles. The first-order chi connectivity index (χ1) is 15.7. The Balaban J connectivity index is 1.37. The van der Waals surface area contributed by atoms with Crippen molar-refractivity contribution in [2.75, 3.05) is 58.0 Å². The lowest BCUT2D eigenvalue weighted by molar-refractivity contribution is 0.122. The fourth-order valence-electron chi connectivity index (χ4n) is 4.50. The Morgan fingerprint density at radius 3 is 2.66 bits per heavy atom. The van der Waals surface area contributed by atoms with Gasteiger partial charge in [0.2, 0.25) is 5.95 Å². The molecule has 8 heteroatoms. The minimum Gasteiger partial charge on any atom is -0.496 e. The van der Waals surface area contributed by atoms with Gasteiger partial charge in [0.15, 0.2) is 0 Å². The Labute approximate surface area is 189 Å². The van der Waals surface area contributed by atoms with Gasteiger partial charge < -0.3 is 19.1 Å². The first kappa shape index (κ1) is 22.8. The van der Waals surface area contributed by atoms with Gasteiger partial charge in [-0.1, -0.05) is 6.07 Å². The van der Waals surface area contributed by atoms with Gasteiger partial charge in [0, 0.05) is 43.8 Å². The van der Waals surface area contributed by atoms with E-state index in [0.717, 1.165) is 62.6 Å². The van der Waals surface area contributed by atoms with Crippen LogP contribution in [-0.2, 0) is 22.6 Å². The average molecular weight is 443 g/mol. The lowest BCUT2D eigenvalue weighted by Gasteiger charge is -2.32. The standard InChI is InChI=1S/C24H34N4O4/c1-3-31-17-20-14-18(4-5-22(20)30-2)16-27-8-6-19(7-9-27)21-15-23(29)26-24(25-21)28-10-12-32-13-11-28/h4-5,14-15,19H,3,6-13,16-17H2,1-2H3,(H,25,26,29). The van der Waals surface area contributed by atoms with E-state index in [1.165, 1.54) is 5.56 Å². The van der Waals surface area contributed by atoms with Crippen LogP contribution >= 0.6 is 0 Å². The van der Waals surface area contributed by atoms with Crippen LogP contribution < -0.4 is 15.2 Å². The number of benzene rings is 1. The van der Waals surface area contributed by atoms with Crippen LogP contribution in [0.1, 0.15) is 42.5 Å². The summed E-state index contributed by atoms with van der Waals surface area (Å²) in [6.07, 6.45) is 2.00. The molecule has 1 N–H and O–H groups in total. The van der Waals surface area contributed by atoms with Crippen molar-refractivity contribution in [3.63, 3.8) is 0 Å². The lowest BCUT2D eigenvalue weighted by atomic mass is 9.93. The predicted octanol–water partition coefficient (Wildman–Crippen LogP) is 2.53. The highest BCUT2D eigenvalue weighted by Crippen LogP contribution is 2.28. The molecule has 0 bridgehead atoms. The Morgan fingerprint density at radius 2 is 1.94 bits per heavy atom.